The molecule has 0 aliphatic rings. The van der Waals surface area contributed by atoms with Crippen molar-refractivity contribution in [2.45, 2.75) is 25.8 Å². The number of methoxy groups -OCH3 is 1. The summed E-state index contributed by atoms with van der Waals surface area (Å²) in [6, 6.07) is 11.8. The molecule has 0 fully saturated rings. The molecule has 2 N–H and O–H groups in total. The van der Waals surface area contributed by atoms with Crippen molar-refractivity contribution in [3.8, 4) is 5.75 Å². The minimum absolute atomic E-state index is 0.0967. The number of carbonyl (C=O) groups is 1. The fourth-order valence-electron chi connectivity index (χ4n) is 2.87. The van der Waals surface area contributed by atoms with E-state index in [9.17, 15) is 9.18 Å². The van der Waals surface area contributed by atoms with Crippen molar-refractivity contribution in [3.63, 3.8) is 0 Å². The summed E-state index contributed by atoms with van der Waals surface area (Å²) in [5.41, 5.74) is 1.98. The van der Waals surface area contributed by atoms with Gasteiger partial charge in [-0.05, 0) is 55.3 Å². The van der Waals surface area contributed by atoms with Gasteiger partial charge in [0.1, 0.15) is 11.6 Å². The second kappa shape index (κ2) is 6.59. The number of rotatable bonds is 5. The summed E-state index contributed by atoms with van der Waals surface area (Å²) in [5, 5.41) is 3.89. The van der Waals surface area contributed by atoms with Gasteiger partial charge >= 0.3 is 0 Å². The van der Waals surface area contributed by atoms with E-state index in [1.165, 1.54) is 12.1 Å². The molecule has 4 nitrogen and oxygen atoms in total. The first-order valence-corrected chi connectivity index (χ1v) is 8.10. The number of benzene rings is 2. The Morgan fingerprint density at radius 3 is 2.60 bits per heavy atom. The van der Waals surface area contributed by atoms with Crippen LogP contribution in [-0.2, 0) is 16.8 Å². The maximum atomic E-state index is 13.0. The summed E-state index contributed by atoms with van der Waals surface area (Å²) in [4.78, 5) is 16.0. The number of carbonyl (C=O) groups excluding carboxylic acids is 1. The molecule has 0 atom stereocenters. The summed E-state index contributed by atoms with van der Waals surface area (Å²) in [5.74, 6) is 0.361. The van der Waals surface area contributed by atoms with Crippen LogP contribution in [0.4, 0.5) is 4.39 Å². The molecule has 5 heteroatoms. The number of hydrogen-bond donors (Lipinski definition) is 2. The first kappa shape index (κ1) is 17.0. The lowest BCUT2D eigenvalue weighted by Crippen LogP contribution is -2.39. The van der Waals surface area contributed by atoms with Crippen molar-refractivity contribution in [3.05, 3.63) is 65.6 Å². The van der Waals surface area contributed by atoms with Crippen molar-refractivity contribution in [2.75, 3.05) is 7.11 Å². The number of halogens is 1. The Morgan fingerprint density at radius 2 is 1.92 bits per heavy atom. The molecule has 0 aliphatic carbocycles. The molecule has 0 bridgehead atoms. The van der Waals surface area contributed by atoms with Gasteiger partial charge in [0.05, 0.1) is 12.5 Å². The minimum atomic E-state index is -0.732. The van der Waals surface area contributed by atoms with Gasteiger partial charge in [-0.2, -0.15) is 0 Å². The highest BCUT2D eigenvalue weighted by atomic mass is 19.1. The second-order valence-corrected chi connectivity index (χ2v) is 6.55. The lowest BCUT2D eigenvalue weighted by molar-refractivity contribution is -0.125. The van der Waals surface area contributed by atoms with Crippen LogP contribution in [0.2, 0.25) is 0 Å². The zero-order valence-electron chi connectivity index (χ0n) is 14.5. The van der Waals surface area contributed by atoms with E-state index in [0.29, 0.717) is 6.54 Å². The lowest BCUT2D eigenvalue weighted by atomic mass is 9.83. The average Bonchev–Trinajstić information content (AvgIpc) is 3.04. The number of hydrogen-bond acceptors (Lipinski definition) is 2. The zero-order chi connectivity index (χ0) is 18.0. The molecular formula is C20H21FN2O2. The number of fused-ring (bicyclic) bond motifs is 1. The van der Waals surface area contributed by atoms with Crippen molar-refractivity contribution >= 4 is 16.8 Å². The highest BCUT2D eigenvalue weighted by Crippen LogP contribution is 2.32. The quantitative estimate of drug-likeness (QED) is 0.740. The fraction of sp³-hybridized carbons (Fsp3) is 0.250. The lowest BCUT2D eigenvalue weighted by Gasteiger charge is -2.23. The second-order valence-electron chi connectivity index (χ2n) is 6.55. The Kier molecular flexibility index (Phi) is 4.49. The Morgan fingerprint density at radius 1 is 1.20 bits per heavy atom. The largest absolute Gasteiger partial charge is 0.497 e. The van der Waals surface area contributed by atoms with Crippen LogP contribution in [0.15, 0.2) is 48.7 Å². The highest BCUT2D eigenvalue weighted by molar-refractivity contribution is 5.95. The van der Waals surface area contributed by atoms with Gasteiger partial charge in [0, 0.05) is 23.6 Å². The topological polar surface area (TPSA) is 54.1 Å². The van der Waals surface area contributed by atoms with Gasteiger partial charge in [-0.1, -0.05) is 12.1 Å². The monoisotopic (exact) mass is 340 g/mol. The van der Waals surface area contributed by atoms with Crippen LogP contribution in [0, 0.1) is 5.82 Å². The third-order valence-electron chi connectivity index (χ3n) is 4.50. The van der Waals surface area contributed by atoms with Crippen LogP contribution in [-0.4, -0.2) is 18.0 Å². The third kappa shape index (κ3) is 3.36. The SMILES string of the molecule is COc1ccc2[nH]cc(C(C)(C)C(=O)NCc3ccc(F)cc3)c2c1. The predicted octanol–water partition coefficient (Wildman–Crippen LogP) is 3.91. The molecule has 1 amide bonds. The maximum Gasteiger partial charge on any atom is 0.230 e. The standard InChI is InChI=1S/C20H21FN2O2/c1-20(2,19(24)23-11-13-4-6-14(21)7-5-13)17-12-22-18-9-8-15(25-3)10-16(17)18/h4-10,12,22H,11H2,1-3H3,(H,23,24). The van der Waals surface area contributed by atoms with Crippen molar-refractivity contribution in [1.29, 1.82) is 0 Å². The molecule has 0 radical (unpaired) electrons. The van der Waals surface area contributed by atoms with E-state index in [1.807, 2.05) is 38.2 Å². The van der Waals surface area contributed by atoms with Crippen molar-refractivity contribution in [2.24, 2.45) is 0 Å². The molecule has 0 aliphatic heterocycles. The van der Waals surface area contributed by atoms with Crippen LogP contribution >= 0.6 is 0 Å². The number of aromatic nitrogens is 1. The molecule has 0 saturated heterocycles. The van der Waals surface area contributed by atoms with Crippen LogP contribution < -0.4 is 10.1 Å². The van der Waals surface area contributed by atoms with Crippen LogP contribution in [0.3, 0.4) is 0 Å². The van der Waals surface area contributed by atoms with Gasteiger partial charge in [-0.3, -0.25) is 4.79 Å². The van der Waals surface area contributed by atoms with E-state index in [1.54, 1.807) is 19.2 Å². The average molecular weight is 340 g/mol. The first-order valence-electron chi connectivity index (χ1n) is 8.10. The van der Waals surface area contributed by atoms with E-state index in [2.05, 4.69) is 10.3 Å². The molecule has 2 aromatic carbocycles. The molecule has 1 aromatic heterocycles. The van der Waals surface area contributed by atoms with Crippen LogP contribution in [0.5, 0.6) is 5.75 Å². The Balaban J connectivity index is 1.82. The number of aromatic amines is 1. The van der Waals surface area contributed by atoms with Gasteiger partial charge < -0.3 is 15.0 Å². The molecule has 130 valence electrons. The molecular weight excluding hydrogens is 319 g/mol. The van der Waals surface area contributed by atoms with E-state index >= 15 is 0 Å². The molecule has 0 spiro atoms. The predicted molar refractivity (Wildman–Crippen MR) is 96.1 cm³/mol. The van der Waals surface area contributed by atoms with Gasteiger partial charge in [0.25, 0.3) is 0 Å². The maximum absolute atomic E-state index is 13.0. The summed E-state index contributed by atoms with van der Waals surface area (Å²) in [6.07, 6.45) is 1.86. The van der Waals surface area contributed by atoms with Gasteiger partial charge in [-0.25, -0.2) is 4.39 Å². The first-order chi connectivity index (χ1) is 11.9. The molecule has 0 unspecified atom stereocenters. The number of ether oxygens (including phenoxy) is 1. The van der Waals surface area contributed by atoms with E-state index in [0.717, 1.165) is 27.8 Å². The summed E-state index contributed by atoms with van der Waals surface area (Å²) >= 11 is 0. The summed E-state index contributed by atoms with van der Waals surface area (Å²) < 4.78 is 18.3. The number of amides is 1. The minimum Gasteiger partial charge on any atom is -0.497 e. The Bertz CT molecular complexity index is 898. The Hall–Kier alpha value is -2.82. The molecule has 1 heterocycles. The van der Waals surface area contributed by atoms with Crippen LogP contribution in [0.25, 0.3) is 10.9 Å². The van der Waals surface area contributed by atoms with Crippen molar-refractivity contribution < 1.29 is 13.9 Å². The van der Waals surface area contributed by atoms with Gasteiger partial charge in [0.15, 0.2) is 0 Å². The Labute approximate surface area is 146 Å². The smallest absolute Gasteiger partial charge is 0.230 e. The van der Waals surface area contributed by atoms with Gasteiger partial charge in [0.2, 0.25) is 5.91 Å². The third-order valence-corrected chi connectivity index (χ3v) is 4.50. The highest BCUT2D eigenvalue weighted by Gasteiger charge is 2.32. The van der Waals surface area contributed by atoms with Crippen LogP contribution in [0.1, 0.15) is 25.0 Å². The van der Waals surface area contributed by atoms with E-state index in [-0.39, 0.29) is 11.7 Å². The normalized spacial score (nSPS) is 11.5. The zero-order valence-corrected chi connectivity index (χ0v) is 14.5. The van der Waals surface area contributed by atoms with Crippen molar-refractivity contribution in [1.82, 2.24) is 10.3 Å². The van der Waals surface area contributed by atoms with E-state index < -0.39 is 5.41 Å². The fourth-order valence-corrected chi connectivity index (χ4v) is 2.87. The molecule has 25 heavy (non-hydrogen) atoms. The summed E-state index contributed by atoms with van der Waals surface area (Å²) in [7, 11) is 1.62. The van der Waals surface area contributed by atoms with E-state index in [4.69, 9.17) is 4.74 Å². The van der Waals surface area contributed by atoms with Gasteiger partial charge in [-0.15, -0.1) is 0 Å². The molecule has 0 saturated carbocycles. The molecule has 3 rings (SSSR count). The number of H-pyrrole nitrogens is 1. The number of nitrogens with one attached hydrogen (secondary N) is 2. The molecule has 3 aromatic rings. The summed E-state index contributed by atoms with van der Waals surface area (Å²) in [6.45, 7) is 4.12.